The van der Waals surface area contributed by atoms with Crippen molar-refractivity contribution < 1.29 is 9.53 Å². The molecule has 1 heterocycles. The van der Waals surface area contributed by atoms with Crippen LogP contribution in [0.2, 0.25) is 0 Å². The first-order valence-electron chi connectivity index (χ1n) is 8.51. The number of benzene rings is 3. The van der Waals surface area contributed by atoms with Gasteiger partial charge in [-0.15, -0.1) is 0 Å². The van der Waals surface area contributed by atoms with Gasteiger partial charge < -0.3 is 4.74 Å². The van der Waals surface area contributed by atoms with E-state index in [1.807, 2.05) is 12.1 Å². The van der Waals surface area contributed by atoms with Gasteiger partial charge in [-0.25, -0.2) is 4.79 Å². The van der Waals surface area contributed by atoms with Crippen molar-refractivity contribution in [3.05, 3.63) is 96.1 Å². The van der Waals surface area contributed by atoms with Gasteiger partial charge in [-0.1, -0.05) is 43.0 Å². The van der Waals surface area contributed by atoms with Crippen molar-refractivity contribution in [2.75, 3.05) is 0 Å². The molecule has 3 heteroatoms. The van der Waals surface area contributed by atoms with Gasteiger partial charge in [0.25, 0.3) is 0 Å². The highest BCUT2D eigenvalue weighted by Gasteiger charge is 2.36. The van der Waals surface area contributed by atoms with Crippen LogP contribution in [-0.4, -0.2) is 5.97 Å². The zero-order valence-corrected chi connectivity index (χ0v) is 15.4. The van der Waals surface area contributed by atoms with Crippen LogP contribution < -0.4 is 4.74 Å². The van der Waals surface area contributed by atoms with Crippen molar-refractivity contribution in [3.8, 4) is 5.75 Å². The molecule has 2 nitrogen and oxygen atoms in total. The predicted octanol–water partition coefficient (Wildman–Crippen LogP) is 5.17. The van der Waals surface area contributed by atoms with Crippen LogP contribution in [0.3, 0.4) is 0 Å². The van der Waals surface area contributed by atoms with Crippen molar-refractivity contribution in [1.29, 1.82) is 0 Å². The third kappa shape index (κ3) is 3.06. The van der Waals surface area contributed by atoms with E-state index < -0.39 is 5.97 Å². The Morgan fingerprint density at radius 3 is 1.96 bits per heavy atom. The number of esters is 1. The standard InChI is InChI=1S/C23H19O2S/c1-16(2)23(24)25-19-11-13-20(14-12-19)26-21-9-5-3-7-17(21)15-18-8-4-6-10-22(18)26/h3-14H,1,15H2,2H3/q+1. The molecule has 0 bridgehead atoms. The Bertz CT molecular complexity index is 944. The molecule has 1 aliphatic heterocycles. The Morgan fingerprint density at radius 1 is 0.885 bits per heavy atom. The number of hydrogen-bond donors (Lipinski definition) is 0. The van der Waals surface area contributed by atoms with Crippen LogP contribution in [0.4, 0.5) is 0 Å². The molecule has 26 heavy (non-hydrogen) atoms. The molecule has 0 saturated carbocycles. The van der Waals surface area contributed by atoms with E-state index in [4.69, 9.17) is 4.74 Å². The van der Waals surface area contributed by atoms with E-state index in [2.05, 4.69) is 67.2 Å². The van der Waals surface area contributed by atoms with E-state index in [9.17, 15) is 4.79 Å². The lowest BCUT2D eigenvalue weighted by atomic mass is 10.0. The fourth-order valence-electron chi connectivity index (χ4n) is 3.11. The Morgan fingerprint density at radius 2 is 1.42 bits per heavy atom. The highest BCUT2D eigenvalue weighted by molar-refractivity contribution is 7.97. The fourth-order valence-corrected chi connectivity index (χ4v) is 5.50. The summed E-state index contributed by atoms with van der Waals surface area (Å²) in [7, 11) is -0.146. The number of hydrogen-bond acceptors (Lipinski definition) is 2. The molecule has 3 aromatic carbocycles. The molecule has 3 aromatic rings. The minimum atomic E-state index is -0.395. The highest BCUT2D eigenvalue weighted by atomic mass is 32.2. The SMILES string of the molecule is C=C(C)C(=O)Oc1ccc([S+]2c3ccccc3Cc3ccccc32)cc1. The molecule has 0 unspecified atom stereocenters. The molecule has 0 spiro atoms. The predicted molar refractivity (Wildman–Crippen MR) is 105 cm³/mol. The van der Waals surface area contributed by atoms with Crippen LogP contribution in [0.25, 0.3) is 0 Å². The highest BCUT2D eigenvalue weighted by Crippen LogP contribution is 2.40. The zero-order valence-electron chi connectivity index (χ0n) is 14.6. The molecule has 0 aromatic heterocycles. The largest absolute Gasteiger partial charge is 0.423 e. The van der Waals surface area contributed by atoms with Gasteiger partial charge in [-0.05, 0) is 43.3 Å². The molecule has 0 amide bonds. The Hall–Kier alpha value is -2.78. The molecule has 0 N–H and O–H groups in total. The molecule has 0 fully saturated rings. The van der Waals surface area contributed by atoms with Gasteiger partial charge in [0.1, 0.15) is 5.75 Å². The minimum absolute atomic E-state index is 0.146. The first-order chi connectivity index (χ1) is 12.6. The molecular formula is C23H19O2S+. The van der Waals surface area contributed by atoms with E-state index in [-0.39, 0.29) is 10.9 Å². The van der Waals surface area contributed by atoms with Crippen LogP contribution in [0, 0.1) is 0 Å². The summed E-state index contributed by atoms with van der Waals surface area (Å²) in [6, 6.07) is 25.2. The summed E-state index contributed by atoms with van der Waals surface area (Å²) in [4.78, 5) is 15.7. The maximum Gasteiger partial charge on any atom is 0.338 e. The quantitative estimate of drug-likeness (QED) is 0.218. The number of fused-ring (bicyclic) bond motifs is 2. The van der Waals surface area contributed by atoms with E-state index in [1.165, 1.54) is 25.8 Å². The summed E-state index contributed by atoms with van der Waals surface area (Å²) in [5.74, 6) is 0.150. The Kier molecular flexibility index (Phi) is 4.39. The molecular weight excluding hydrogens is 340 g/mol. The number of carbonyl (C=O) groups is 1. The summed E-state index contributed by atoms with van der Waals surface area (Å²) in [6.07, 6.45) is 0.976. The molecule has 0 atom stereocenters. The van der Waals surface area contributed by atoms with E-state index in [0.717, 1.165) is 6.42 Å². The van der Waals surface area contributed by atoms with Gasteiger partial charge in [0.15, 0.2) is 14.7 Å². The second kappa shape index (κ2) is 6.85. The molecule has 0 saturated heterocycles. The summed E-state index contributed by atoms with van der Waals surface area (Å²) in [5, 5.41) is 0. The van der Waals surface area contributed by atoms with Gasteiger partial charge in [0, 0.05) is 23.1 Å². The van der Waals surface area contributed by atoms with Gasteiger partial charge in [-0.3, -0.25) is 0 Å². The number of carbonyl (C=O) groups excluding carboxylic acids is 1. The average molecular weight is 359 g/mol. The van der Waals surface area contributed by atoms with E-state index in [1.54, 1.807) is 6.92 Å². The normalized spacial score (nSPS) is 12.8. The lowest BCUT2D eigenvalue weighted by molar-refractivity contribution is -0.130. The second-order valence-electron chi connectivity index (χ2n) is 6.34. The van der Waals surface area contributed by atoms with Crippen LogP contribution in [0.15, 0.2) is 99.6 Å². The maximum atomic E-state index is 11.7. The number of ether oxygens (including phenoxy) is 1. The number of rotatable bonds is 3. The topological polar surface area (TPSA) is 26.3 Å². The molecule has 0 aliphatic carbocycles. The monoisotopic (exact) mass is 359 g/mol. The van der Waals surface area contributed by atoms with Gasteiger partial charge in [-0.2, -0.15) is 0 Å². The van der Waals surface area contributed by atoms with Crippen LogP contribution in [0.5, 0.6) is 5.75 Å². The smallest absolute Gasteiger partial charge is 0.338 e. The average Bonchev–Trinajstić information content (AvgIpc) is 2.66. The summed E-state index contributed by atoms with van der Waals surface area (Å²) in [5.41, 5.74) is 3.16. The van der Waals surface area contributed by atoms with Crippen molar-refractivity contribution in [2.45, 2.75) is 28.0 Å². The molecule has 4 rings (SSSR count). The third-order valence-electron chi connectivity index (χ3n) is 4.38. The lowest BCUT2D eigenvalue weighted by Gasteiger charge is -2.19. The Labute approximate surface area is 156 Å². The van der Waals surface area contributed by atoms with Gasteiger partial charge >= 0.3 is 5.97 Å². The fraction of sp³-hybridized carbons (Fsp3) is 0.0870. The van der Waals surface area contributed by atoms with Crippen molar-refractivity contribution in [2.24, 2.45) is 0 Å². The van der Waals surface area contributed by atoms with E-state index in [0.29, 0.717) is 11.3 Å². The molecule has 1 aliphatic rings. The van der Waals surface area contributed by atoms with Gasteiger partial charge in [0.2, 0.25) is 0 Å². The zero-order chi connectivity index (χ0) is 18.1. The first-order valence-corrected chi connectivity index (χ1v) is 9.74. The first kappa shape index (κ1) is 16.7. The van der Waals surface area contributed by atoms with Crippen LogP contribution in [0.1, 0.15) is 18.1 Å². The second-order valence-corrected chi connectivity index (χ2v) is 8.30. The summed E-state index contributed by atoms with van der Waals surface area (Å²) in [6.45, 7) is 5.27. The minimum Gasteiger partial charge on any atom is -0.423 e. The van der Waals surface area contributed by atoms with Crippen LogP contribution >= 0.6 is 0 Å². The van der Waals surface area contributed by atoms with Crippen molar-refractivity contribution >= 4 is 16.9 Å². The van der Waals surface area contributed by atoms with E-state index >= 15 is 0 Å². The third-order valence-corrected chi connectivity index (χ3v) is 6.80. The van der Waals surface area contributed by atoms with Gasteiger partial charge in [0.05, 0.1) is 10.9 Å². The molecule has 128 valence electrons. The summed E-state index contributed by atoms with van der Waals surface area (Å²) >= 11 is 0. The van der Waals surface area contributed by atoms with Crippen molar-refractivity contribution in [3.63, 3.8) is 0 Å². The van der Waals surface area contributed by atoms with Crippen molar-refractivity contribution in [1.82, 2.24) is 0 Å². The maximum absolute atomic E-state index is 11.7. The van der Waals surface area contributed by atoms with Crippen LogP contribution in [-0.2, 0) is 22.1 Å². The lowest BCUT2D eigenvalue weighted by Crippen LogP contribution is -2.15. The Balaban J connectivity index is 1.74. The molecule has 0 radical (unpaired) electrons. The summed E-state index contributed by atoms with van der Waals surface area (Å²) < 4.78 is 5.32.